The number of esters is 1. The van der Waals surface area contributed by atoms with E-state index >= 15 is 0 Å². The van der Waals surface area contributed by atoms with Gasteiger partial charge in [0.2, 0.25) is 5.91 Å². The van der Waals surface area contributed by atoms with Crippen molar-refractivity contribution in [1.82, 2.24) is 5.32 Å². The van der Waals surface area contributed by atoms with Crippen LogP contribution in [0.25, 0.3) is 0 Å². The Kier molecular flexibility index (Phi) is 5.78. The van der Waals surface area contributed by atoms with E-state index in [0.29, 0.717) is 11.3 Å². The molecule has 0 fully saturated rings. The van der Waals surface area contributed by atoms with Gasteiger partial charge in [0.05, 0.1) is 19.2 Å². The lowest BCUT2D eigenvalue weighted by atomic mass is 10.2. The summed E-state index contributed by atoms with van der Waals surface area (Å²) in [6, 6.07) is 8.63. The van der Waals surface area contributed by atoms with Crippen LogP contribution in [0.15, 0.2) is 42.5 Å². The predicted molar refractivity (Wildman–Crippen MR) is 85.1 cm³/mol. The molecule has 0 radical (unpaired) electrons. The molecule has 2 aromatic rings. The molecule has 6 nitrogen and oxygen atoms in total. The van der Waals surface area contributed by atoms with E-state index in [1.165, 1.54) is 31.4 Å². The third-order valence-corrected chi connectivity index (χ3v) is 3.18. The van der Waals surface area contributed by atoms with Crippen molar-refractivity contribution in [1.29, 1.82) is 0 Å². The van der Waals surface area contributed by atoms with Gasteiger partial charge < -0.3 is 15.4 Å². The lowest BCUT2D eigenvalue weighted by molar-refractivity contribution is -0.115. The van der Waals surface area contributed by atoms with Crippen LogP contribution in [0.3, 0.4) is 0 Å². The Hall–Kier alpha value is -3.29. The fourth-order valence-electron chi connectivity index (χ4n) is 1.91. The SMILES string of the molecule is COC(=O)c1ccc(NC(=O)CNC(=O)c2ccc(F)c(F)c2)cc1. The lowest BCUT2D eigenvalue weighted by Gasteiger charge is -2.08. The minimum absolute atomic E-state index is 0.103. The molecule has 0 atom stereocenters. The van der Waals surface area contributed by atoms with Gasteiger partial charge in [-0.15, -0.1) is 0 Å². The average molecular weight is 348 g/mol. The Labute approximate surface area is 141 Å². The number of ether oxygens (including phenoxy) is 1. The third-order valence-electron chi connectivity index (χ3n) is 3.18. The van der Waals surface area contributed by atoms with Crippen LogP contribution in [0, 0.1) is 11.6 Å². The van der Waals surface area contributed by atoms with Crippen molar-refractivity contribution in [2.24, 2.45) is 0 Å². The van der Waals surface area contributed by atoms with E-state index in [0.717, 1.165) is 18.2 Å². The van der Waals surface area contributed by atoms with Gasteiger partial charge >= 0.3 is 5.97 Å². The smallest absolute Gasteiger partial charge is 0.337 e. The first-order valence-electron chi connectivity index (χ1n) is 7.12. The molecule has 8 heteroatoms. The highest BCUT2D eigenvalue weighted by Crippen LogP contribution is 2.11. The average Bonchev–Trinajstić information content (AvgIpc) is 2.62. The van der Waals surface area contributed by atoms with E-state index in [-0.39, 0.29) is 12.1 Å². The molecule has 2 aromatic carbocycles. The molecule has 0 heterocycles. The monoisotopic (exact) mass is 348 g/mol. The maximum Gasteiger partial charge on any atom is 0.337 e. The normalized spacial score (nSPS) is 10.0. The number of anilines is 1. The topological polar surface area (TPSA) is 84.5 Å². The first kappa shape index (κ1) is 18.1. The van der Waals surface area contributed by atoms with Crippen molar-refractivity contribution in [3.05, 3.63) is 65.2 Å². The summed E-state index contributed by atoms with van der Waals surface area (Å²) in [5.74, 6) is -3.96. The maximum absolute atomic E-state index is 13.1. The number of rotatable bonds is 5. The number of amides is 2. The van der Waals surface area contributed by atoms with Gasteiger partial charge in [-0.25, -0.2) is 13.6 Å². The number of halogens is 2. The third kappa shape index (κ3) is 4.84. The van der Waals surface area contributed by atoms with E-state index in [2.05, 4.69) is 15.4 Å². The Balaban J connectivity index is 1.88. The number of benzene rings is 2. The van der Waals surface area contributed by atoms with Crippen LogP contribution in [0.4, 0.5) is 14.5 Å². The largest absolute Gasteiger partial charge is 0.465 e. The minimum atomic E-state index is -1.15. The molecular formula is C17H14F2N2O4. The summed E-state index contributed by atoms with van der Waals surface area (Å²) in [5.41, 5.74) is 0.640. The number of hydrogen-bond acceptors (Lipinski definition) is 4. The minimum Gasteiger partial charge on any atom is -0.465 e. The number of nitrogens with one attached hydrogen (secondary N) is 2. The van der Waals surface area contributed by atoms with E-state index in [4.69, 9.17) is 0 Å². The van der Waals surface area contributed by atoms with Crippen LogP contribution in [-0.4, -0.2) is 31.4 Å². The molecular weight excluding hydrogens is 334 g/mol. The van der Waals surface area contributed by atoms with Gasteiger partial charge in [-0.2, -0.15) is 0 Å². The summed E-state index contributed by atoms with van der Waals surface area (Å²) in [6.07, 6.45) is 0. The van der Waals surface area contributed by atoms with Gasteiger partial charge in [0.1, 0.15) is 0 Å². The first-order valence-corrected chi connectivity index (χ1v) is 7.12. The van der Waals surface area contributed by atoms with Crippen molar-refractivity contribution < 1.29 is 27.9 Å². The summed E-state index contributed by atoms with van der Waals surface area (Å²) in [4.78, 5) is 34.9. The molecule has 0 aliphatic rings. The van der Waals surface area contributed by atoms with Gasteiger partial charge in [0.25, 0.3) is 5.91 Å². The summed E-state index contributed by atoms with van der Waals surface area (Å²) in [5, 5.41) is 4.80. The second-order valence-electron chi connectivity index (χ2n) is 4.93. The van der Waals surface area contributed by atoms with Gasteiger partial charge in [0, 0.05) is 11.3 Å². The second kappa shape index (κ2) is 8.00. The zero-order chi connectivity index (χ0) is 18.4. The van der Waals surface area contributed by atoms with Crippen LogP contribution in [-0.2, 0) is 9.53 Å². The quantitative estimate of drug-likeness (QED) is 0.811. The molecule has 2 rings (SSSR count). The number of hydrogen-bond donors (Lipinski definition) is 2. The summed E-state index contributed by atoms with van der Waals surface area (Å²) in [7, 11) is 1.26. The highest BCUT2D eigenvalue weighted by Gasteiger charge is 2.11. The Morgan fingerprint density at radius 3 is 2.20 bits per heavy atom. The Bertz CT molecular complexity index is 807. The molecule has 0 aliphatic heterocycles. The van der Waals surface area contributed by atoms with Crippen LogP contribution in [0.2, 0.25) is 0 Å². The standard InChI is InChI=1S/C17H14F2N2O4/c1-25-17(24)10-2-5-12(6-3-10)21-15(22)9-20-16(23)11-4-7-13(18)14(19)8-11/h2-8H,9H2,1H3,(H,20,23)(H,21,22). The number of carbonyl (C=O) groups is 3. The molecule has 2 N–H and O–H groups in total. The van der Waals surface area contributed by atoms with Crippen LogP contribution in [0.5, 0.6) is 0 Å². The number of methoxy groups -OCH3 is 1. The first-order chi connectivity index (χ1) is 11.9. The predicted octanol–water partition coefficient (Wildman–Crippen LogP) is 2.12. The van der Waals surface area contributed by atoms with Crippen molar-refractivity contribution in [3.63, 3.8) is 0 Å². The van der Waals surface area contributed by atoms with Crippen molar-refractivity contribution in [2.45, 2.75) is 0 Å². The molecule has 0 saturated heterocycles. The molecule has 0 saturated carbocycles. The van der Waals surface area contributed by atoms with Crippen molar-refractivity contribution >= 4 is 23.5 Å². The summed E-state index contributed by atoms with van der Waals surface area (Å²) < 4.78 is 30.4. The van der Waals surface area contributed by atoms with Crippen molar-refractivity contribution in [3.8, 4) is 0 Å². The molecule has 0 bridgehead atoms. The summed E-state index contributed by atoms with van der Waals surface area (Å²) >= 11 is 0. The van der Waals surface area contributed by atoms with Crippen LogP contribution >= 0.6 is 0 Å². The van der Waals surface area contributed by atoms with Gasteiger partial charge in [-0.1, -0.05) is 0 Å². The molecule has 130 valence electrons. The Morgan fingerprint density at radius 2 is 1.60 bits per heavy atom. The van der Waals surface area contributed by atoms with E-state index in [1.807, 2.05) is 0 Å². The highest BCUT2D eigenvalue weighted by molar-refractivity contribution is 5.99. The van der Waals surface area contributed by atoms with Crippen LogP contribution < -0.4 is 10.6 Å². The molecule has 0 aromatic heterocycles. The zero-order valence-electron chi connectivity index (χ0n) is 13.1. The molecule has 0 aliphatic carbocycles. The Morgan fingerprint density at radius 1 is 0.960 bits per heavy atom. The lowest BCUT2D eigenvalue weighted by Crippen LogP contribution is -2.32. The van der Waals surface area contributed by atoms with E-state index in [9.17, 15) is 23.2 Å². The molecule has 2 amide bonds. The zero-order valence-corrected chi connectivity index (χ0v) is 13.1. The van der Waals surface area contributed by atoms with E-state index in [1.54, 1.807) is 0 Å². The highest BCUT2D eigenvalue weighted by atomic mass is 19.2. The molecule has 0 spiro atoms. The summed E-state index contributed by atoms with van der Waals surface area (Å²) in [6.45, 7) is -0.365. The van der Waals surface area contributed by atoms with Gasteiger partial charge in [0.15, 0.2) is 11.6 Å². The van der Waals surface area contributed by atoms with Gasteiger partial charge in [-0.3, -0.25) is 9.59 Å². The number of carbonyl (C=O) groups excluding carboxylic acids is 3. The molecule has 0 unspecified atom stereocenters. The van der Waals surface area contributed by atoms with E-state index < -0.39 is 29.4 Å². The van der Waals surface area contributed by atoms with Crippen molar-refractivity contribution in [2.75, 3.05) is 19.0 Å². The second-order valence-corrected chi connectivity index (χ2v) is 4.93. The maximum atomic E-state index is 13.1. The van der Waals surface area contributed by atoms with Crippen LogP contribution in [0.1, 0.15) is 20.7 Å². The fraction of sp³-hybridized carbons (Fsp3) is 0.118. The molecule has 25 heavy (non-hydrogen) atoms. The van der Waals surface area contributed by atoms with Gasteiger partial charge in [-0.05, 0) is 42.5 Å². The fourth-order valence-corrected chi connectivity index (χ4v) is 1.91.